The first-order valence-electron chi connectivity index (χ1n) is 8.63. The van der Waals surface area contributed by atoms with Gasteiger partial charge in [0.2, 0.25) is 0 Å². The van der Waals surface area contributed by atoms with Crippen LogP contribution in [0.3, 0.4) is 0 Å². The smallest absolute Gasteiger partial charge is 0.134 e. The second-order valence-electron chi connectivity index (χ2n) is 7.18. The molecule has 2 nitrogen and oxygen atoms in total. The molecule has 1 aliphatic carbocycles. The summed E-state index contributed by atoms with van der Waals surface area (Å²) in [5, 5.41) is 4.70. The highest BCUT2D eigenvalue weighted by molar-refractivity contribution is 6.00. The highest BCUT2D eigenvalue weighted by Gasteiger charge is 2.40. The van der Waals surface area contributed by atoms with E-state index >= 15 is 0 Å². The van der Waals surface area contributed by atoms with Crippen molar-refractivity contribution < 1.29 is 4.42 Å². The van der Waals surface area contributed by atoms with Gasteiger partial charge >= 0.3 is 0 Å². The van der Waals surface area contributed by atoms with E-state index in [4.69, 9.17) is 4.42 Å². The summed E-state index contributed by atoms with van der Waals surface area (Å²) in [4.78, 5) is 0. The minimum Gasteiger partial charge on any atom is -0.459 e. The minimum absolute atomic E-state index is 0.141. The molecule has 0 spiro atoms. The van der Waals surface area contributed by atoms with Crippen molar-refractivity contribution in [2.75, 3.05) is 5.32 Å². The number of rotatable bonds is 2. The minimum atomic E-state index is -0.141. The number of nitrogens with one attached hydrogen (secondary N) is 1. The van der Waals surface area contributed by atoms with Crippen molar-refractivity contribution in [3.8, 4) is 11.1 Å². The van der Waals surface area contributed by atoms with Gasteiger partial charge in [0.1, 0.15) is 11.3 Å². The fraction of sp³-hybridized carbons (Fsp3) is 0.130. The molecule has 0 bridgehead atoms. The fourth-order valence-electron chi connectivity index (χ4n) is 3.92. The van der Waals surface area contributed by atoms with Gasteiger partial charge in [-0.1, -0.05) is 42.5 Å². The average Bonchev–Trinajstić information content (AvgIpc) is 3.11. The third-order valence-corrected chi connectivity index (χ3v) is 5.19. The highest BCUT2D eigenvalue weighted by Crippen LogP contribution is 2.53. The fourth-order valence-corrected chi connectivity index (χ4v) is 3.92. The van der Waals surface area contributed by atoms with E-state index < -0.39 is 0 Å². The molecular weight excluding hydrogens is 306 g/mol. The number of hydrogen-bond donors (Lipinski definition) is 1. The SMILES string of the molecule is CC1(C)c2cc(Nc3ccccc3)ccc2-c2c1oc1ccccc21. The molecule has 3 aromatic carbocycles. The van der Waals surface area contributed by atoms with Crippen molar-refractivity contribution in [2.45, 2.75) is 19.3 Å². The zero-order chi connectivity index (χ0) is 17.0. The molecule has 0 fully saturated rings. The average molecular weight is 325 g/mol. The first-order chi connectivity index (χ1) is 12.1. The van der Waals surface area contributed by atoms with E-state index in [1.54, 1.807) is 0 Å². The van der Waals surface area contributed by atoms with Gasteiger partial charge in [-0.15, -0.1) is 0 Å². The Morgan fingerprint density at radius 3 is 2.40 bits per heavy atom. The van der Waals surface area contributed by atoms with Gasteiger partial charge < -0.3 is 9.73 Å². The predicted octanol–water partition coefficient (Wildman–Crippen LogP) is 6.48. The van der Waals surface area contributed by atoms with E-state index in [1.165, 1.54) is 22.1 Å². The molecule has 0 saturated heterocycles. The maximum Gasteiger partial charge on any atom is 0.134 e. The number of para-hydroxylation sites is 2. The quantitative estimate of drug-likeness (QED) is 0.456. The monoisotopic (exact) mass is 325 g/mol. The van der Waals surface area contributed by atoms with E-state index in [-0.39, 0.29) is 5.41 Å². The Bertz CT molecular complexity index is 1090. The van der Waals surface area contributed by atoms with Crippen molar-refractivity contribution in [1.82, 2.24) is 0 Å². The van der Waals surface area contributed by atoms with Crippen molar-refractivity contribution in [3.05, 3.63) is 84.1 Å². The second kappa shape index (κ2) is 5.00. The van der Waals surface area contributed by atoms with Crippen LogP contribution in [0.25, 0.3) is 22.1 Å². The molecule has 0 amide bonds. The number of benzene rings is 3. The summed E-state index contributed by atoms with van der Waals surface area (Å²) in [6.45, 7) is 4.48. The van der Waals surface area contributed by atoms with Gasteiger partial charge in [-0.05, 0) is 55.3 Å². The Morgan fingerprint density at radius 1 is 0.800 bits per heavy atom. The van der Waals surface area contributed by atoms with Crippen LogP contribution < -0.4 is 5.32 Å². The molecule has 1 N–H and O–H groups in total. The first-order valence-corrected chi connectivity index (χ1v) is 8.63. The molecule has 0 saturated carbocycles. The lowest BCUT2D eigenvalue weighted by Crippen LogP contribution is -2.14. The van der Waals surface area contributed by atoms with Gasteiger partial charge in [0.25, 0.3) is 0 Å². The topological polar surface area (TPSA) is 25.2 Å². The van der Waals surface area contributed by atoms with E-state index in [0.29, 0.717) is 0 Å². The van der Waals surface area contributed by atoms with Gasteiger partial charge in [-0.3, -0.25) is 0 Å². The molecule has 0 unspecified atom stereocenters. The number of fused-ring (bicyclic) bond motifs is 5. The van der Waals surface area contributed by atoms with Crippen LogP contribution in [-0.4, -0.2) is 0 Å². The van der Waals surface area contributed by atoms with Crippen LogP contribution in [0.15, 0.2) is 77.2 Å². The van der Waals surface area contributed by atoms with Crippen LogP contribution in [0, 0.1) is 0 Å². The van der Waals surface area contributed by atoms with Gasteiger partial charge in [-0.25, -0.2) is 0 Å². The molecule has 1 aromatic heterocycles. The van der Waals surface area contributed by atoms with Gasteiger partial charge in [0.05, 0.1) is 0 Å². The number of hydrogen-bond acceptors (Lipinski definition) is 2. The molecule has 1 aliphatic rings. The molecule has 25 heavy (non-hydrogen) atoms. The van der Waals surface area contributed by atoms with Crippen LogP contribution in [0.4, 0.5) is 11.4 Å². The molecule has 4 aromatic rings. The Labute approximate surface area is 147 Å². The standard InChI is InChI=1S/C23H19NO/c1-23(2)19-14-16(24-15-8-4-3-5-9-15)12-13-17(19)21-18-10-6-7-11-20(18)25-22(21)23/h3-14,24H,1-2H3. The molecule has 0 radical (unpaired) electrons. The van der Waals surface area contributed by atoms with Crippen LogP contribution >= 0.6 is 0 Å². The van der Waals surface area contributed by atoms with E-state index in [0.717, 1.165) is 22.7 Å². The highest BCUT2D eigenvalue weighted by atomic mass is 16.3. The van der Waals surface area contributed by atoms with Crippen molar-refractivity contribution in [3.63, 3.8) is 0 Å². The number of furan rings is 1. The summed E-state index contributed by atoms with van der Waals surface area (Å²) < 4.78 is 6.25. The lowest BCUT2D eigenvalue weighted by Gasteiger charge is -2.20. The lowest BCUT2D eigenvalue weighted by molar-refractivity contribution is 0.465. The third kappa shape index (κ3) is 2.04. The summed E-state index contributed by atoms with van der Waals surface area (Å²) in [6, 6.07) is 25.2. The molecule has 5 rings (SSSR count). The van der Waals surface area contributed by atoms with Gasteiger partial charge in [-0.2, -0.15) is 0 Å². The van der Waals surface area contributed by atoms with Crippen LogP contribution in [0.1, 0.15) is 25.2 Å². The number of anilines is 2. The van der Waals surface area contributed by atoms with Crippen molar-refractivity contribution >= 4 is 22.3 Å². The third-order valence-electron chi connectivity index (χ3n) is 5.19. The summed E-state index contributed by atoms with van der Waals surface area (Å²) in [7, 11) is 0. The second-order valence-corrected chi connectivity index (χ2v) is 7.18. The predicted molar refractivity (Wildman–Crippen MR) is 104 cm³/mol. The van der Waals surface area contributed by atoms with Crippen LogP contribution in [0.2, 0.25) is 0 Å². The molecule has 1 heterocycles. The van der Waals surface area contributed by atoms with E-state index in [2.05, 4.69) is 67.7 Å². The molecule has 0 atom stereocenters. The Balaban J connectivity index is 1.66. The maximum atomic E-state index is 6.25. The van der Waals surface area contributed by atoms with Crippen molar-refractivity contribution in [1.29, 1.82) is 0 Å². The molecule has 122 valence electrons. The summed E-state index contributed by atoms with van der Waals surface area (Å²) in [6.07, 6.45) is 0. The zero-order valence-electron chi connectivity index (χ0n) is 14.3. The summed E-state index contributed by atoms with van der Waals surface area (Å²) in [5.74, 6) is 1.07. The van der Waals surface area contributed by atoms with Crippen molar-refractivity contribution in [2.24, 2.45) is 0 Å². The molecule has 0 aliphatic heterocycles. The molecular formula is C23H19NO. The van der Waals surface area contributed by atoms with Crippen LogP contribution in [-0.2, 0) is 5.41 Å². The summed E-state index contributed by atoms with van der Waals surface area (Å²) in [5.41, 5.74) is 6.88. The first kappa shape index (κ1) is 14.4. The Hall–Kier alpha value is -3.00. The largest absolute Gasteiger partial charge is 0.459 e. The van der Waals surface area contributed by atoms with E-state index in [9.17, 15) is 0 Å². The van der Waals surface area contributed by atoms with Crippen LogP contribution in [0.5, 0.6) is 0 Å². The lowest BCUT2D eigenvalue weighted by atomic mass is 9.86. The maximum absolute atomic E-state index is 6.25. The Morgan fingerprint density at radius 2 is 1.56 bits per heavy atom. The molecule has 2 heteroatoms. The van der Waals surface area contributed by atoms with Gasteiger partial charge in [0, 0.05) is 27.7 Å². The summed E-state index contributed by atoms with van der Waals surface area (Å²) >= 11 is 0. The zero-order valence-corrected chi connectivity index (χ0v) is 14.3. The Kier molecular flexibility index (Phi) is 2.87. The normalized spacial score (nSPS) is 14.3. The van der Waals surface area contributed by atoms with E-state index in [1.807, 2.05) is 24.3 Å². The van der Waals surface area contributed by atoms with Gasteiger partial charge in [0.15, 0.2) is 0 Å².